The lowest BCUT2D eigenvalue weighted by Crippen LogP contribution is -2.03. The van der Waals surface area contributed by atoms with Crippen molar-refractivity contribution in [2.45, 2.75) is 19.0 Å². The number of thiol groups is 1. The van der Waals surface area contributed by atoms with Crippen molar-refractivity contribution in [3.8, 4) is 0 Å². The van der Waals surface area contributed by atoms with E-state index in [1.165, 1.54) is 0 Å². The van der Waals surface area contributed by atoms with Crippen LogP contribution in [0.5, 0.6) is 0 Å². The molecular weight excluding hydrogens is 228 g/mol. The second-order valence-electron chi connectivity index (χ2n) is 3.30. The summed E-state index contributed by atoms with van der Waals surface area (Å²) in [6.07, 6.45) is 3.23. The zero-order chi connectivity index (χ0) is 12.1. The molecule has 0 aliphatic rings. The Morgan fingerprint density at radius 3 is 2.69 bits per heavy atom. The van der Waals surface area contributed by atoms with Crippen molar-refractivity contribution in [2.24, 2.45) is 5.92 Å². The Morgan fingerprint density at radius 1 is 1.50 bits per heavy atom. The minimum absolute atomic E-state index is 0.231. The molecule has 2 N–H and O–H groups in total. The number of aromatic nitrogens is 4. The third kappa shape index (κ3) is 3.50. The van der Waals surface area contributed by atoms with Crippen molar-refractivity contribution < 1.29 is 9.90 Å². The van der Waals surface area contributed by atoms with Crippen molar-refractivity contribution in [3.63, 3.8) is 0 Å². The molecule has 0 aliphatic carbocycles. The number of nitrogens with one attached hydrogen (secondary N) is 1. The molecule has 0 aliphatic heterocycles. The molecule has 0 aromatic carbocycles. The molecule has 7 heteroatoms. The quantitative estimate of drug-likeness (QED) is 0.517. The van der Waals surface area contributed by atoms with Crippen LogP contribution in [0.15, 0.2) is 17.7 Å². The van der Waals surface area contributed by atoms with Crippen LogP contribution in [0.2, 0.25) is 0 Å². The monoisotopic (exact) mass is 240 g/mol. The third-order valence-electron chi connectivity index (χ3n) is 1.66. The van der Waals surface area contributed by atoms with E-state index < -0.39 is 5.97 Å². The number of rotatable bonds is 1. The molecule has 6 nitrogen and oxygen atoms in total. The fourth-order valence-corrected chi connectivity index (χ4v) is 0.879. The van der Waals surface area contributed by atoms with E-state index in [0.29, 0.717) is 10.8 Å². The Morgan fingerprint density at radius 2 is 2.12 bits per heavy atom. The molecule has 0 spiro atoms. The molecule has 0 amide bonds. The van der Waals surface area contributed by atoms with Gasteiger partial charge >= 0.3 is 5.97 Å². The molecule has 2 heterocycles. The number of aliphatic carboxylic acids is 1. The van der Waals surface area contributed by atoms with Gasteiger partial charge in [-0.2, -0.15) is 0 Å². The number of fused-ring (bicyclic) bond motifs is 1. The molecule has 0 saturated heterocycles. The molecule has 86 valence electrons. The zero-order valence-electron chi connectivity index (χ0n) is 8.88. The molecule has 2 aromatic rings. The molecule has 0 radical (unpaired) electrons. The first kappa shape index (κ1) is 12.4. The number of imidazole rings is 1. The second kappa shape index (κ2) is 5.45. The molecule has 16 heavy (non-hydrogen) atoms. The SMILES string of the molecule is CC(C)C(=O)O.Sc1ncc2[nH]cnc2n1. The maximum Gasteiger partial charge on any atom is 0.305 e. The van der Waals surface area contributed by atoms with Crippen LogP contribution in [0.25, 0.3) is 11.2 Å². The van der Waals surface area contributed by atoms with E-state index in [0.717, 1.165) is 5.52 Å². The highest BCUT2D eigenvalue weighted by molar-refractivity contribution is 7.80. The van der Waals surface area contributed by atoms with Gasteiger partial charge in [-0.3, -0.25) is 4.79 Å². The predicted molar refractivity (Wildman–Crippen MR) is 61.4 cm³/mol. The van der Waals surface area contributed by atoms with E-state index in [9.17, 15) is 4.79 Å². The van der Waals surface area contributed by atoms with Gasteiger partial charge in [-0.05, 0) is 0 Å². The Labute approximate surface area is 97.6 Å². The van der Waals surface area contributed by atoms with E-state index >= 15 is 0 Å². The zero-order valence-corrected chi connectivity index (χ0v) is 9.77. The van der Waals surface area contributed by atoms with Crippen molar-refractivity contribution in [2.75, 3.05) is 0 Å². The lowest BCUT2D eigenvalue weighted by Gasteiger charge is -1.89. The highest BCUT2D eigenvalue weighted by Crippen LogP contribution is 2.05. The van der Waals surface area contributed by atoms with Crippen LogP contribution < -0.4 is 0 Å². The van der Waals surface area contributed by atoms with Gasteiger partial charge in [0.25, 0.3) is 0 Å². The number of hydrogen-bond acceptors (Lipinski definition) is 5. The summed E-state index contributed by atoms with van der Waals surface area (Å²) in [6, 6.07) is 0. The van der Waals surface area contributed by atoms with Gasteiger partial charge < -0.3 is 10.1 Å². The van der Waals surface area contributed by atoms with Gasteiger partial charge in [0.15, 0.2) is 10.8 Å². The number of carboxylic acid groups (broad SMARTS) is 1. The van der Waals surface area contributed by atoms with Crippen molar-refractivity contribution >= 4 is 29.8 Å². The second-order valence-corrected chi connectivity index (χ2v) is 3.70. The van der Waals surface area contributed by atoms with Gasteiger partial charge in [0.05, 0.1) is 18.4 Å². The van der Waals surface area contributed by atoms with Gasteiger partial charge in [-0.15, -0.1) is 12.6 Å². The number of H-pyrrole nitrogens is 1. The minimum Gasteiger partial charge on any atom is -0.481 e. The molecule has 2 aromatic heterocycles. The fraction of sp³-hybridized carbons (Fsp3) is 0.333. The summed E-state index contributed by atoms with van der Waals surface area (Å²) >= 11 is 3.96. The average molecular weight is 240 g/mol. The van der Waals surface area contributed by atoms with Crippen LogP contribution in [0.4, 0.5) is 0 Å². The lowest BCUT2D eigenvalue weighted by atomic mass is 10.2. The van der Waals surface area contributed by atoms with E-state index in [1.807, 2.05) is 0 Å². The highest BCUT2D eigenvalue weighted by Gasteiger charge is 1.99. The fourth-order valence-electron chi connectivity index (χ4n) is 0.727. The highest BCUT2D eigenvalue weighted by atomic mass is 32.1. The largest absolute Gasteiger partial charge is 0.481 e. The van der Waals surface area contributed by atoms with Gasteiger partial charge in [0.2, 0.25) is 0 Å². The lowest BCUT2D eigenvalue weighted by molar-refractivity contribution is -0.140. The molecule has 0 fully saturated rings. The molecule has 0 saturated carbocycles. The van der Waals surface area contributed by atoms with Crippen molar-refractivity contribution in [1.29, 1.82) is 0 Å². The summed E-state index contributed by atoms with van der Waals surface area (Å²) in [5.74, 6) is -0.972. The molecule has 0 atom stereocenters. The molecule has 0 bridgehead atoms. The summed E-state index contributed by atoms with van der Waals surface area (Å²) in [5.41, 5.74) is 1.48. The van der Waals surface area contributed by atoms with Gasteiger partial charge in [-0.1, -0.05) is 13.8 Å². The first-order chi connectivity index (χ1) is 7.50. The van der Waals surface area contributed by atoms with Crippen LogP contribution in [0, 0.1) is 5.92 Å². The first-order valence-electron chi connectivity index (χ1n) is 4.58. The number of carbonyl (C=O) groups is 1. The maximum absolute atomic E-state index is 9.70. The average Bonchev–Trinajstić information content (AvgIpc) is 2.65. The summed E-state index contributed by atoms with van der Waals surface area (Å²) in [6.45, 7) is 3.28. The van der Waals surface area contributed by atoms with Crippen LogP contribution >= 0.6 is 12.6 Å². The topological polar surface area (TPSA) is 91.8 Å². The number of carboxylic acids is 1. The number of aromatic amines is 1. The van der Waals surface area contributed by atoms with Crippen LogP contribution in [0.3, 0.4) is 0 Å². The number of nitrogens with zero attached hydrogens (tertiary/aromatic N) is 3. The molecule has 0 unspecified atom stereocenters. The summed E-state index contributed by atoms with van der Waals surface area (Å²) in [5, 5.41) is 8.43. The van der Waals surface area contributed by atoms with Gasteiger partial charge in [0.1, 0.15) is 5.52 Å². The Kier molecular flexibility index (Phi) is 4.24. The van der Waals surface area contributed by atoms with Crippen LogP contribution in [-0.4, -0.2) is 31.0 Å². The summed E-state index contributed by atoms with van der Waals surface area (Å²) in [7, 11) is 0. The van der Waals surface area contributed by atoms with E-state index in [4.69, 9.17) is 5.11 Å². The molecule has 2 rings (SSSR count). The van der Waals surface area contributed by atoms with Gasteiger partial charge in [-0.25, -0.2) is 15.0 Å². The number of hydrogen-bond donors (Lipinski definition) is 3. The van der Waals surface area contributed by atoms with Crippen molar-refractivity contribution in [3.05, 3.63) is 12.5 Å². The summed E-state index contributed by atoms with van der Waals surface area (Å²) in [4.78, 5) is 24.3. The van der Waals surface area contributed by atoms with Crippen LogP contribution in [-0.2, 0) is 4.79 Å². The molecular formula is C9H12N4O2S. The van der Waals surface area contributed by atoms with Gasteiger partial charge in [0, 0.05) is 0 Å². The standard InChI is InChI=1S/C5H4N4S.C4H8O2/c10-5-6-1-3-4(9-5)8-2-7-3;1-3(2)4(5)6/h1-2H,(H2,6,7,8,9,10);3H,1-2H3,(H,5,6). The Bertz CT molecular complexity index is 483. The van der Waals surface area contributed by atoms with Crippen molar-refractivity contribution in [1.82, 2.24) is 19.9 Å². The van der Waals surface area contributed by atoms with E-state index in [-0.39, 0.29) is 5.92 Å². The normalized spacial score (nSPS) is 10.0. The first-order valence-corrected chi connectivity index (χ1v) is 5.03. The summed E-state index contributed by atoms with van der Waals surface area (Å²) < 4.78 is 0. The smallest absolute Gasteiger partial charge is 0.305 e. The minimum atomic E-state index is -0.741. The Hall–Kier alpha value is -1.63. The third-order valence-corrected chi connectivity index (χ3v) is 1.87. The predicted octanol–water partition coefficient (Wildman–Crippen LogP) is 1.37. The van der Waals surface area contributed by atoms with Crippen LogP contribution in [0.1, 0.15) is 13.8 Å². The van der Waals surface area contributed by atoms with E-state index in [2.05, 4.69) is 32.6 Å². The Balaban J connectivity index is 0.000000187. The van der Waals surface area contributed by atoms with E-state index in [1.54, 1.807) is 26.4 Å². The maximum atomic E-state index is 9.70.